The van der Waals surface area contributed by atoms with E-state index in [2.05, 4.69) is 15.6 Å². The first kappa shape index (κ1) is 15.8. The van der Waals surface area contributed by atoms with Gasteiger partial charge in [-0.05, 0) is 24.3 Å². The van der Waals surface area contributed by atoms with Crippen LogP contribution in [0.3, 0.4) is 0 Å². The highest BCUT2D eigenvalue weighted by Crippen LogP contribution is 2.23. The number of methoxy groups -OCH3 is 2. The SMILES string of the molecule is COCCNc1ccc(C(=O)Nc2ccccc2OC)nc1. The molecule has 1 aromatic heterocycles. The molecule has 0 aliphatic rings. The van der Waals surface area contributed by atoms with Crippen LogP contribution in [-0.4, -0.2) is 38.3 Å². The molecule has 2 rings (SSSR count). The van der Waals surface area contributed by atoms with Gasteiger partial charge in [-0.1, -0.05) is 12.1 Å². The van der Waals surface area contributed by atoms with Gasteiger partial charge in [0, 0.05) is 13.7 Å². The molecule has 6 nitrogen and oxygen atoms in total. The summed E-state index contributed by atoms with van der Waals surface area (Å²) in [5.74, 6) is 0.321. The van der Waals surface area contributed by atoms with Crippen LogP contribution in [0.1, 0.15) is 10.5 Å². The van der Waals surface area contributed by atoms with Gasteiger partial charge in [-0.25, -0.2) is 4.98 Å². The molecule has 0 bridgehead atoms. The lowest BCUT2D eigenvalue weighted by atomic mass is 10.2. The third kappa shape index (κ3) is 4.20. The molecule has 1 aromatic carbocycles. The second-order valence-electron chi connectivity index (χ2n) is 4.51. The molecule has 0 fully saturated rings. The Morgan fingerprint density at radius 2 is 2.00 bits per heavy atom. The number of amides is 1. The fraction of sp³-hybridized carbons (Fsp3) is 0.250. The fourth-order valence-electron chi connectivity index (χ4n) is 1.86. The molecule has 0 radical (unpaired) electrons. The van der Waals surface area contributed by atoms with Gasteiger partial charge in [0.15, 0.2) is 0 Å². The molecule has 116 valence electrons. The minimum Gasteiger partial charge on any atom is -0.495 e. The molecule has 1 amide bonds. The maximum Gasteiger partial charge on any atom is 0.274 e. The Hall–Kier alpha value is -2.60. The fourth-order valence-corrected chi connectivity index (χ4v) is 1.86. The summed E-state index contributed by atoms with van der Waals surface area (Å²) in [7, 11) is 3.20. The van der Waals surface area contributed by atoms with Gasteiger partial charge in [0.25, 0.3) is 5.91 Å². The van der Waals surface area contributed by atoms with E-state index >= 15 is 0 Å². The second-order valence-corrected chi connectivity index (χ2v) is 4.51. The van der Waals surface area contributed by atoms with Crippen LogP contribution in [0, 0.1) is 0 Å². The quantitative estimate of drug-likeness (QED) is 0.768. The van der Waals surface area contributed by atoms with Gasteiger partial charge in [0.1, 0.15) is 11.4 Å². The standard InChI is InChI=1S/C16H19N3O3/c1-21-10-9-17-12-7-8-14(18-11-12)16(20)19-13-5-3-4-6-15(13)22-2/h3-8,11,17H,9-10H2,1-2H3,(H,19,20). The summed E-state index contributed by atoms with van der Waals surface area (Å²) >= 11 is 0. The molecule has 0 atom stereocenters. The third-order valence-corrected chi connectivity index (χ3v) is 2.99. The van der Waals surface area contributed by atoms with Crippen LogP contribution in [0.15, 0.2) is 42.6 Å². The van der Waals surface area contributed by atoms with Crippen LogP contribution >= 0.6 is 0 Å². The van der Waals surface area contributed by atoms with Crippen molar-refractivity contribution in [1.82, 2.24) is 4.98 Å². The molecule has 6 heteroatoms. The Kier molecular flexibility index (Phi) is 5.73. The lowest BCUT2D eigenvalue weighted by molar-refractivity contribution is 0.102. The van der Waals surface area contributed by atoms with Crippen LogP contribution in [0.25, 0.3) is 0 Å². The van der Waals surface area contributed by atoms with E-state index in [1.165, 1.54) is 0 Å². The van der Waals surface area contributed by atoms with Crippen molar-refractivity contribution in [2.24, 2.45) is 0 Å². The van der Waals surface area contributed by atoms with Crippen molar-refractivity contribution in [3.05, 3.63) is 48.3 Å². The van der Waals surface area contributed by atoms with Crippen LogP contribution in [0.5, 0.6) is 5.75 Å². The van der Waals surface area contributed by atoms with Gasteiger partial charge in [-0.3, -0.25) is 4.79 Å². The Bertz CT molecular complexity index is 614. The maximum absolute atomic E-state index is 12.2. The zero-order chi connectivity index (χ0) is 15.8. The third-order valence-electron chi connectivity index (χ3n) is 2.99. The topological polar surface area (TPSA) is 72.5 Å². The first-order valence-corrected chi connectivity index (χ1v) is 6.88. The summed E-state index contributed by atoms with van der Waals surface area (Å²) in [5, 5.41) is 5.92. The van der Waals surface area contributed by atoms with Crippen LogP contribution in [0.2, 0.25) is 0 Å². The number of benzene rings is 1. The predicted octanol–water partition coefficient (Wildman–Crippen LogP) is 2.40. The van der Waals surface area contributed by atoms with Crippen molar-refractivity contribution in [2.75, 3.05) is 38.0 Å². The molecule has 2 N–H and O–H groups in total. The molecule has 22 heavy (non-hydrogen) atoms. The van der Waals surface area contributed by atoms with Gasteiger partial charge in [0.05, 0.1) is 31.3 Å². The Balaban J connectivity index is 2.00. The van der Waals surface area contributed by atoms with Gasteiger partial charge < -0.3 is 20.1 Å². The minimum atomic E-state index is -0.284. The molecular weight excluding hydrogens is 282 g/mol. The number of hydrogen-bond acceptors (Lipinski definition) is 5. The van der Waals surface area contributed by atoms with E-state index in [9.17, 15) is 4.79 Å². The average molecular weight is 301 g/mol. The monoisotopic (exact) mass is 301 g/mol. The molecule has 1 heterocycles. The highest BCUT2D eigenvalue weighted by Gasteiger charge is 2.10. The van der Waals surface area contributed by atoms with Crippen LogP contribution in [-0.2, 0) is 4.74 Å². The smallest absolute Gasteiger partial charge is 0.274 e. The number of aromatic nitrogens is 1. The van der Waals surface area contributed by atoms with E-state index in [0.717, 1.165) is 5.69 Å². The molecule has 2 aromatic rings. The zero-order valence-corrected chi connectivity index (χ0v) is 12.6. The average Bonchev–Trinajstić information content (AvgIpc) is 2.56. The number of rotatable bonds is 7. The zero-order valence-electron chi connectivity index (χ0n) is 12.6. The Morgan fingerprint density at radius 1 is 1.18 bits per heavy atom. The lowest BCUT2D eigenvalue weighted by Gasteiger charge is -2.10. The number of anilines is 2. The molecule has 0 saturated heterocycles. The lowest BCUT2D eigenvalue weighted by Crippen LogP contribution is -2.14. The van der Waals surface area contributed by atoms with E-state index in [1.54, 1.807) is 44.7 Å². The normalized spacial score (nSPS) is 10.1. The number of carbonyl (C=O) groups excluding carboxylic acids is 1. The Labute approximate surface area is 129 Å². The summed E-state index contributed by atoms with van der Waals surface area (Å²) in [5.41, 5.74) is 1.79. The predicted molar refractivity (Wildman–Crippen MR) is 85.5 cm³/mol. The van der Waals surface area contributed by atoms with Crippen molar-refractivity contribution in [3.8, 4) is 5.75 Å². The number of carbonyl (C=O) groups is 1. The molecule has 0 unspecified atom stereocenters. The van der Waals surface area contributed by atoms with Gasteiger partial charge in [-0.15, -0.1) is 0 Å². The van der Waals surface area contributed by atoms with Crippen LogP contribution in [0.4, 0.5) is 11.4 Å². The molecule has 0 saturated carbocycles. The molecule has 0 spiro atoms. The van der Waals surface area contributed by atoms with E-state index in [-0.39, 0.29) is 5.91 Å². The molecule has 0 aliphatic carbocycles. The summed E-state index contributed by atoms with van der Waals surface area (Å²) in [6.45, 7) is 1.29. The number of hydrogen-bond donors (Lipinski definition) is 2. The second kappa shape index (κ2) is 7.99. The van der Waals surface area contributed by atoms with Crippen molar-refractivity contribution in [2.45, 2.75) is 0 Å². The number of nitrogens with one attached hydrogen (secondary N) is 2. The van der Waals surface area contributed by atoms with Crippen molar-refractivity contribution in [3.63, 3.8) is 0 Å². The van der Waals surface area contributed by atoms with E-state index in [1.807, 2.05) is 12.1 Å². The highest BCUT2D eigenvalue weighted by atomic mass is 16.5. The summed E-state index contributed by atoms with van der Waals surface area (Å²) in [6.07, 6.45) is 1.62. The van der Waals surface area contributed by atoms with Crippen molar-refractivity contribution < 1.29 is 14.3 Å². The van der Waals surface area contributed by atoms with Gasteiger partial charge in [0.2, 0.25) is 0 Å². The summed E-state index contributed by atoms with van der Waals surface area (Å²) in [6, 6.07) is 10.7. The number of ether oxygens (including phenoxy) is 2. The van der Waals surface area contributed by atoms with E-state index < -0.39 is 0 Å². The number of nitrogens with zero attached hydrogens (tertiary/aromatic N) is 1. The number of para-hydroxylation sites is 2. The Morgan fingerprint density at radius 3 is 2.68 bits per heavy atom. The maximum atomic E-state index is 12.2. The molecule has 0 aliphatic heterocycles. The van der Waals surface area contributed by atoms with E-state index in [0.29, 0.717) is 30.3 Å². The largest absolute Gasteiger partial charge is 0.495 e. The minimum absolute atomic E-state index is 0.284. The number of pyridine rings is 1. The van der Waals surface area contributed by atoms with Crippen molar-refractivity contribution in [1.29, 1.82) is 0 Å². The van der Waals surface area contributed by atoms with Gasteiger partial charge in [-0.2, -0.15) is 0 Å². The summed E-state index contributed by atoms with van der Waals surface area (Å²) in [4.78, 5) is 16.3. The summed E-state index contributed by atoms with van der Waals surface area (Å²) < 4.78 is 10.2. The van der Waals surface area contributed by atoms with Gasteiger partial charge >= 0.3 is 0 Å². The van der Waals surface area contributed by atoms with Crippen molar-refractivity contribution >= 4 is 17.3 Å². The van der Waals surface area contributed by atoms with Crippen LogP contribution < -0.4 is 15.4 Å². The molecular formula is C16H19N3O3. The van der Waals surface area contributed by atoms with E-state index in [4.69, 9.17) is 9.47 Å². The first-order chi connectivity index (χ1) is 10.7. The highest BCUT2D eigenvalue weighted by molar-refractivity contribution is 6.03. The first-order valence-electron chi connectivity index (χ1n) is 6.88.